The van der Waals surface area contributed by atoms with Crippen LogP contribution in [0.1, 0.15) is 16.9 Å². The van der Waals surface area contributed by atoms with Crippen molar-refractivity contribution < 1.29 is 14.3 Å². The highest BCUT2D eigenvalue weighted by molar-refractivity contribution is 6.02. The molecule has 0 saturated heterocycles. The molecule has 23 heavy (non-hydrogen) atoms. The molecule has 0 atom stereocenters. The molecule has 6 nitrogen and oxygen atoms in total. The van der Waals surface area contributed by atoms with Gasteiger partial charge in [-0.2, -0.15) is 0 Å². The average molecular weight is 315 g/mol. The Hall–Kier alpha value is -2.60. The summed E-state index contributed by atoms with van der Waals surface area (Å²) in [6, 6.07) is 10.7. The summed E-state index contributed by atoms with van der Waals surface area (Å²) >= 11 is 0. The maximum absolute atomic E-state index is 12.1. The summed E-state index contributed by atoms with van der Waals surface area (Å²) in [5.74, 6) is 0.492. The lowest BCUT2D eigenvalue weighted by Gasteiger charge is -2.08. The highest BCUT2D eigenvalue weighted by Gasteiger charge is 2.07. The number of benzene rings is 1. The second kappa shape index (κ2) is 8.75. The van der Waals surface area contributed by atoms with Crippen LogP contribution in [0.2, 0.25) is 0 Å². The van der Waals surface area contributed by atoms with Crippen LogP contribution in [0.5, 0.6) is 5.75 Å². The van der Waals surface area contributed by atoms with Gasteiger partial charge in [0.05, 0.1) is 19.0 Å². The van der Waals surface area contributed by atoms with Crippen molar-refractivity contribution in [2.24, 2.45) is 0 Å². The van der Waals surface area contributed by atoms with E-state index < -0.39 is 0 Å². The van der Waals surface area contributed by atoms with Gasteiger partial charge in [-0.15, -0.1) is 0 Å². The van der Waals surface area contributed by atoms with E-state index in [1.165, 1.54) is 0 Å². The van der Waals surface area contributed by atoms with Gasteiger partial charge in [0.2, 0.25) is 0 Å². The Morgan fingerprint density at radius 3 is 2.43 bits per heavy atom. The van der Waals surface area contributed by atoms with Crippen molar-refractivity contribution in [2.75, 3.05) is 38.0 Å². The first-order valence-corrected chi connectivity index (χ1v) is 7.37. The maximum atomic E-state index is 12.1. The van der Waals surface area contributed by atoms with Gasteiger partial charge in [0, 0.05) is 25.9 Å². The fraction of sp³-hybridized carbons (Fsp3) is 0.294. The summed E-state index contributed by atoms with van der Waals surface area (Å²) in [4.78, 5) is 16.3. The van der Waals surface area contributed by atoms with Gasteiger partial charge in [0.25, 0.3) is 5.91 Å². The van der Waals surface area contributed by atoms with E-state index in [1.807, 2.05) is 6.07 Å². The number of aromatic nitrogens is 1. The number of methoxy groups -OCH3 is 2. The van der Waals surface area contributed by atoms with Crippen molar-refractivity contribution in [2.45, 2.75) is 6.42 Å². The molecule has 0 fully saturated rings. The number of pyridine rings is 1. The maximum Gasteiger partial charge on any atom is 0.274 e. The molecule has 2 rings (SSSR count). The highest BCUT2D eigenvalue weighted by atomic mass is 16.5. The Morgan fingerprint density at radius 1 is 1.09 bits per heavy atom. The molecule has 2 N–H and O–H groups in total. The Labute approximate surface area is 135 Å². The lowest BCUT2D eigenvalue weighted by atomic mass is 10.2. The molecular weight excluding hydrogens is 294 g/mol. The number of carbonyl (C=O) groups excluding carboxylic acids is 1. The van der Waals surface area contributed by atoms with Crippen molar-refractivity contribution >= 4 is 17.3 Å². The van der Waals surface area contributed by atoms with E-state index in [0.717, 1.165) is 24.4 Å². The first-order valence-electron chi connectivity index (χ1n) is 7.37. The fourth-order valence-electron chi connectivity index (χ4n) is 1.95. The number of hydrogen-bond acceptors (Lipinski definition) is 5. The molecule has 1 aromatic carbocycles. The molecule has 1 aromatic heterocycles. The minimum Gasteiger partial charge on any atom is -0.497 e. The zero-order chi connectivity index (χ0) is 16.5. The SMILES string of the molecule is COCCCNc1ccc(C(=O)Nc2ccc(OC)cc2)nc1. The van der Waals surface area contributed by atoms with Gasteiger partial charge in [-0.3, -0.25) is 4.79 Å². The van der Waals surface area contributed by atoms with Gasteiger partial charge in [0.1, 0.15) is 11.4 Å². The van der Waals surface area contributed by atoms with E-state index in [9.17, 15) is 4.79 Å². The van der Waals surface area contributed by atoms with Crippen LogP contribution in [0.4, 0.5) is 11.4 Å². The first-order chi connectivity index (χ1) is 11.2. The standard InChI is InChI=1S/C17H21N3O3/c1-22-11-3-10-18-14-6-9-16(19-12-14)17(21)20-13-4-7-15(23-2)8-5-13/h4-9,12,18H,3,10-11H2,1-2H3,(H,20,21). The summed E-state index contributed by atoms with van der Waals surface area (Å²) in [7, 11) is 3.28. The molecule has 0 unspecified atom stereocenters. The van der Waals surface area contributed by atoms with Crippen molar-refractivity contribution in [1.29, 1.82) is 0 Å². The number of carbonyl (C=O) groups is 1. The Bertz CT molecular complexity index is 612. The molecule has 0 saturated carbocycles. The number of amides is 1. The molecule has 0 aliphatic carbocycles. The molecule has 0 radical (unpaired) electrons. The van der Waals surface area contributed by atoms with E-state index in [-0.39, 0.29) is 5.91 Å². The van der Waals surface area contributed by atoms with Gasteiger partial charge in [-0.05, 0) is 42.8 Å². The zero-order valence-electron chi connectivity index (χ0n) is 13.3. The van der Waals surface area contributed by atoms with E-state index in [2.05, 4.69) is 15.6 Å². The molecule has 6 heteroatoms. The number of rotatable bonds is 8. The van der Waals surface area contributed by atoms with E-state index in [4.69, 9.17) is 9.47 Å². The lowest BCUT2D eigenvalue weighted by molar-refractivity contribution is 0.102. The third kappa shape index (κ3) is 5.27. The van der Waals surface area contributed by atoms with Crippen LogP contribution < -0.4 is 15.4 Å². The van der Waals surface area contributed by atoms with Crippen molar-refractivity contribution in [3.63, 3.8) is 0 Å². The van der Waals surface area contributed by atoms with Gasteiger partial charge in [-0.1, -0.05) is 0 Å². The molecule has 0 aliphatic heterocycles. The molecule has 1 amide bonds. The lowest BCUT2D eigenvalue weighted by Crippen LogP contribution is -2.14. The van der Waals surface area contributed by atoms with Crippen LogP contribution in [0, 0.1) is 0 Å². The predicted molar refractivity (Wildman–Crippen MR) is 90.2 cm³/mol. The van der Waals surface area contributed by atoms with Gasteiger partial charge in [0.15, 0.2) is 0 Å². The van der Waals surface area contributed by atoms with Gasteiger partial charge in [-0.25, -0.2) is 4.98 Å². The Balaban J connectivity index is 1.88. The van der Waals surface area contributed by atoms with Crippen molar-refractivity contribution in [3.05, 3.63) is 48.3 Å². The topological polar surface area (TPSA) is 72.5 Å². The molecule has 1 heterocycles. The van der Waals surface area contributed by atoms with E-state index in [1.54, 1.807) is 50.7 Å². The minimum atomic E-state index is -0.249. The largest absolute Gasteiger partial charge is 0.497 e. The normalized spacial score (nSPS) is 10.2. The molecular formula is C17H21N3O3. The van der Waals surface area contributed by atoms with E-state index in [0.29, 0.717) is 18.0 Å². The highest BCUT2D eigenvalue weighted by Crippen LogP contribution is 2.16. The van der Waals surface area contributed by atoms with Gasteiger partial charge >= 0.3 is 0 Å². The molecule has 122 valence electrons. The molecule has 2 aromatic rings. The molecule has 0 spiro atoms. The smallest absolute Gasteiger partial charge is 0.274 e. The number of hydrogen-bond donors (Lipinski definition) is 2. The second-order valence-corrected chi connectivity index (χ2v) is 4.89. The zero-order valence-corrected chi connectivity index (χ0v) is 13.3. The Morgan fingerprint density at radius 2 is 1.83 bits per heavy atom. The number of nitrogens with zero attached hydrogens (tertiary/aromatic N) is 1. The number of anilines is 2. The second-order valence-electron chi connectivity index (χ2n) is 4.89. The third-order valence-corrected chi connectivity index (χ3v) is 3.20. The summed E-state index contributed by atoms with van der Waals surface area (Å²) in [5, 5.41) is 6.01. The predicted octanol–water partition coefficient (Wildman–Crippen LogP) is 2.79. The molecule has 0 bridgehead atoms. The van der Waals surface area contributed by atoms with Crippen LogP contribution in [0.25, 0.3) is 0 Å². The average Bonchev–Trinajstić information content (AvgIpc) is 2.60. The summed E-state index contributed by atoms with van der Waals surface area (Å²) in [6.07, 6.45) is 2.56. The van der Waals surface area contributed by atoms with Crippen LogP contribution in [0.15, 0.2) is 42.6 Å². The number of ether oxygens (including phenoxy) is 2. The van der Waals surface area contributed by atoms with Crippen LogP contribution in [0.3, 0.4) is 0 Å². The van der Waals surface area contributed by atoms with Crippen LogP contribution in [-0.2, 0) is 4.74 Å². The summed E-state index contributed by atoms with van der Waals surface area (Å²) in [6.45, 7) is 1.51. The monoisotopic (exact) mass is 315 g/mol. The minimum absolute atomic E-state index is 0.249. The van der Waals surface area contributed by atoms with E-state index >= 15 is 0 Å². The molecule has 0 aliphatic rings. The first kappa shape index (κ1) is 16.8. The quantitative estimate of drug-likeness (QED) is 0.733. The number of nitrogens with one attached hydrogen (secondary N) is 2. The summed E-state index contributed by atoms with van der Waals surface area (Å²) < 4.78 is 10.1. The van der Waals surface area contributed by atoms with Gasteiger partial charge < -0.3 is 20.1 Å². The Kier molecular flexibility index (Phi) is 6.38. The van der Waals surface area contributed by atoms with Crippen molar-refractivity contribution in [3.8, 4) is 5.75 Å². The summed E-state index contributed by atoms with van der Waals surface area (Å²) in [5.41, 5.74) is 1.93. The van der Waals surface area contributed by atoms with Crippen molar-refractivity contribution in [1.82, 2.24) is 4.98 Å². The fourth-order valence-corrected chi connectivity index (χ4v) is 1.95. The van der Waals surface area contributed by atoms with Crippen LogP contribution in [-0.4, -0.2) is 38.3 Å². The van der Waals surface area contributed by atoms with Crippen LogP contribution >= 0.6 is 0 Å². The third-order valence-electron chi connectivity index (χ3n) is 3.20.